The molecule has 0 aliphatic heterocycles. The Morgan fingerprint density at radius 3 is 2.75 bits per heavy atom. The molecule has 0 heterocycles. The first-order valence-corrected chi connectivity index (χ1v) is 6.45. The second kappa shape index (κ2) is 4.88. The van der Waals surface area contributed by atoms with Crippen molar-refractivity contribution < 1.29 is 0 Å². The molecule has 1 atom stereocenters. The highest BCUT2D eigenvalue weighted by Gasteiger charge is 2.23. The highest BCUT2D eigenvalue weighted by Crippen LogP contribution is 2.31. The third kappa shape index (κ3) is 2.56. The van der Waals surface area contributed by atoms with Gasteiger partial charge in [0.25, 0.3) is 0 Å². The fraction of sp³-hybridized carbons (Fsp3) is 0.462. The van der Waals surface area contributed by atoms with Gasteiger partial charge in [0.15, 0.2) is 0 Å². The van der Waals surface area contributed by atoms with E-state index >= 15 is 0 Å². The van der Waals surface area contributed by atoms with Crippen molar-refractivity contribution in [3.8, 4) is 6.07 Å². The molecule has 1 aromatic carbocycles. The largest absolute Gasteiger partial charge is 0.382 e. The number of hydrogen-bond donors (Lipinski definition) is 1. The summed E-state index contributed by atoms with van der Waals surface area (Å²) in [6.07, 6.45) is 4.01. The molecule has 2 nitrogen and oxygen atoms in total. The quantitative estimate of drug-likeness (QED) is 0.910. The standard InChI is InChI=1S/C13H15BrN2/c1-9(11-3-2-4-11)16-13-6-10(8-15)5-12(14)7-13/h5-7,9,11,16H,2-4H2,1H3. The van der Waals surface area contributed by atoms with Crippen molar-refractivity contribution >= 4 is 21.6 Å². The maximum absolute atomic E-state index is 8.89. The number of hydrogen-bond acceptors (Lipinski definition) is 2. The van der Waals surface area contributed by atoms with Crippen molar-refractivity contribution in [2.45, 2.75) is 32.2 Å². The van der Waals surface area contributed by atoms with Crippen LogP contribution in [0.3, 0.4) is 0 Å². The van der Waals surface area contributed by atoms with E-state index in [1.165, 1.54) is 19.3 Å². The van der Waals surface area contributed by atoms with Crippen molar-refractivity contribution in [2.75, 3.05) is 5.32 Å². The van der Waals surface area contributed by atoms with Crippen molar-refractivity contribution in [2.24, 2.45) is 5.92 Å². The number of nitriles is 1. The summed E-state index contributed by atoms with van der Waals surface area (Å²) in [7, 11) is 0. The molecule has 0 bridgehead atoms. The molecule has 1 N–H and O–H groups in total. The van der Waals surface area contributed by atoms with E-state index in [1.54, 1.807) is 0 Å². The van der Waals surface area contributed by atoms with Crippen LogP contribution in [0.15, 0.2) is 22.7 Å². The van der Waals surface area contributed by atoms with Crippen molar-refractivity contribution in [1.82, 2.24) is 0 Å². The number of benzene rings is 1. The van der Waals surface area contributed by atoms with Gasteiger partial charge in [-0.05, 0) is 43.9 Å². The van der Waals surface area contributed by atoms with E-state index in [1.807, 2.05) is 18.2 Å². The van der Waals surface area contributed by atoms with Crippen molar-refractivity contribution in [1.29, 1.82) is 5.26 Å². The number of nitrogens with zero attached hydrogens (tertiary/aromatic N) is 1. The molecule has 1 saturated carbocycles. The third-order valence-corrected chi connectivity index (χ3v) is 3.74. The average Bonchev–Trinajstić information content (AvgIpc) is 2.13. The van der Waals surface area contributed by atoms with Gasteiger partial charge in [0.05, 0.1) is 11.6 Å². The number of nitrogens with one attached hydrogen (secondary N) is 1. The number of halogens is 1. The fourth-order valence-corrected chi connectivity index (χ4v) is 2.55. The molecule has 1 aliphatic rings. The smallest absolute Gasteiger partial charge is 0.0992 e. The minimum atomic E-state index is 0.495. The lowest BCUT2D eigenvalue weighted by atomic mass is 9.80. The average molecular weight is 279 g/mol. The Morgan fingerprint density at radius 2 is 2.19 bits per heavy atom. The van der Waals surface area contributed by atoms with Gasteiger partial charge in [0.1, 0.15) is 0 Å². The van der Waals surface area contributed by atoms with Gasteiger partial charge in [-0.2, -0.15) is 5.26 Å². The second-order valence-corrected chi connectivity index (χ2v) is 5.38. The van der Waals surface area contributed by atoms with Crippen LogP contribution < -0.4 is 5.32 Å². The van der Waals surface area contributed by atoms with Crippen LogP contribution in [0.25, 0.3) is 0 Å². The van der Waals surface area contributed by atoms with Gasteiger partial charge in [0, 0.05) is 16.2 Å². The maximum Gasteiger partial charge on any atom is 0.0992 e. The maximum atomic E-state index is 8.89. The zero-order valence-corrected chi connectivity index (χ0v) is 10.9. The second-order valence-electron chi connectivity index (χ2n) is 4.46. The lowest BCUT2D eigenvalue weighted by Gasteiger charge is -2.32. The monoisotopic (exact) mass is 278 g/mol. The van der Waals surface area contributed by atoms with Crippen LogP contribution in [-0.2, 0) is 0 Å². The van der Waals surface area contributed by atoms with E-state index < -0.39 is 0 Å². The summed E-state index contributed by atoms with van der Waals surface area (Å²) in [5.41, 5.74) is 1.73. The molecule has 0 amide bonds. The molecule has 1 unspecified atom stereocenters. The highest BCUT2D eigenvalue weighted by atomic mass is 79.9. The lowest BCUT2D eigenvalue weighted by Crippen LogP contribution is -2.30. The molecule has 1 aliphatic carbocycles. The van der Waals surface area contributed by atoms with Crippen LogP contribution in [0.1, 0.15) is 31.7 Å². The van der Waals surface area contributed by atoms with E-state index in [4.69, 9.17) is 5.26 Å². The van der Waals surface area contributed by atoms with Gasteiger partial charge >= 0.3 is 0 Å². The molecule has 3 heteroatoms. The lowest BCUT2D eigenvalue weighted by molar-refractivity contribution is 0.285. The molecular formula is C13H15BrN2. The Morgan fingerprint density at radius 1 is 1.44 bits per heavy atom. The van der Waals surface area contributed by atoms with E-state index in [0.29, 0.717) is 11.6 Å². The molecule has 2 rings (SSSR count). The van der Waals surface area contributed by atoms with Gasteiger partial charge in [-0.1, -0.05) is 22.4 Å². The number of anilines is 1. The number of rotatable bonds is 3. The van der Waals surface area contributed by atoms with E-state index in [0.717, 1.165) is 16.1 Å². The first-order valence-electron chi connectivity index (χ1n) is 5.66. The summed E-state index contributed by atoms with van der Waals surface area (Å²) in [4.78, 5) is 0. The first-order chi connectivity index (χ1) is 7.69. The van der Waals surface area contributed by atoms with Crippen molar-refractivity contribution in [3.05, 3.63) is 28.2 Å². The molecule has 1 fully saturated rings. The predicted octanol–water partition coefficient (Wildman–Crippen LogP) is 3.92. The normalized spacial score (nSPS) is 17.3. The Hall–Kier alpha value is -1.01. The van der Waals surface area contributed by atoms with Crippen LogP contribution in [0.2, 0.25) is 0 Å². The highest BCUT2D eigenvalue weighted by molar-refractivity contribution is 9.10. The SMILES string of the molecule is CC(Nc1cc(Br)cc(C#N)c1)C1CCC1. The fourth-order valence-electron chi connectivity index (χ4n) is 2.06. The minimum Gasteiger partial charge on any atom is -0.382 e. The van der Waals surface area contributed by atoms with Crippen LogP contribution >= 0.6 is 15.9 Å². The Kier molecular flexibility index (Phi) is 3.50. The topological polar surface area (TPSA) is 35.8 Å². The van der Waals surface area contributed by atoms with Crippen LogP contribution in [-0.4, -0.2) is 6.04 Å². The summed E-state index contributed by atoms with van der Waals surface area (Å²) >= 11 is 3.42. The van der Waals surface area contributed by atoms with Gasteiger partial charge in [-0.15, -0.1) is 0 Å². The van der Waals surface area contributed by atoms with Crippen LogP contribution in [0.5, 0.6) is 0 Å². The first kappa shape index (κ1) is 11.5. The summed E-state index contributed by atoms with van der Waals surface area (Å²) < 4.78 is 0.954. The van der Waals surface area contributed by atoms with Crippen LogP contribution in [0.4, 0.5) is 5.69 Å². The third-order valence-electron chi connectivity index (χ3n) is 3.28. The molecule has 84 valence electrons. The molecule has 0 aromatic heterocycles. The molecule has 0 spiro atoms. The van der Waals surface area contributed by atoms with Crippen LogP contribution in [0, 0.1) is 17.2 Å². The van der Waals surface area contributed by atoms with Crippen molar-refractivity contribution in [3.63, 3.8) is 0 Å². The van der Waals surface area contributed by atoms with Gasteiger partial charge in [-0.3, -0.25) is 0 Å². The minimum absolute atomic E-state index is 0.495. The molecular weight excluding hydrogens is 264 g/mol. The predicted molar refractivity (Wildman–Crippen MR) is 69.3 cm³/mol. The Balaban J connectivity index is 2.08. The molecule has 0 radical (unpaired) electrons. The summed E-state index contributed by atoms with van der Waals surface area (Å²) in [6.45, 7) is 2.22. The zero-order valence-electron chi connectivity index (χ0n) is 9.33. The summed E-state index contributed by atoms with van der Waals surface area (Å²) in [6, 6.07) is 8.42. The molecule has 0 saturated heterocycles. The Bertz CT molecular complexity index is 418. The summed E-state index contributed by atoms with van der Waals surface area (Å²) in [5.74, 6) is 0.796. The molecule has 16 heavy (non-hydrogen) atoms. The van der Waals surface area contributed by atoms with E-state index in [9.17, 15) is 0 Å². The zero-order chi connectivity index (χ0) is 11.5. The van der Waals surface area contributed by atoms with Gasteiger partial charge in [0.2, 0.25) is 0 Å². The summed E-state index contributed by atoms with van der Waals surface area (Å²) in [5, 5.41) is 12.4. The van der Waals surface area contributed by atoms with Gasteiger partial charge < -0.3 is 5.32 Å². The van der Waals surface area contributed by atoms with E-state index in [-0.39, 0.29) is 0 Å². The van der Waals surface area contributed by atoms with E-state index in [2.05, 4.69) is 34.2 Å². The van der Waals surface area contributed by atoms with Gasteiger partial charge in [-0.25, -0.2) is 0 Å². The Labute approximate surface area is 105 Å². The molecule has 1 aromatic rings.